The number of pyridine rings is 1. The highest BCUT2D eigenvalue weighted by atomic mass is 32.1. The Hall–Kier alpha value is -4.09. The predicted octanol–water partition coefficient (Wildman–Crippen LogP) is 2.65. The number of carboxylic acid groups (broad SMARTS) is 1. The first-order chi connectivity index (χ1) is 17.9. The van der Waals surface area contributed by atoms with E-state index in [2.05, 4.69) is 15.3 Å². The summed E-state index contributed by atoms with van der Waals surface area (Å²) < 4.78 is 0. The van der Waals surface area contributed by atoms with Crippen LogP contribution < -0.4 is 5.32 Å². The van der Waals surface area contributed by atoms with Crippen molar-refractivity contribution in [1.29, 1.82) is 0 Å². The van der Waals surface area contributed by atoms with Gasteiger partial charge in [0.05, 0.1) is 41.3 Å². The second-order valence-corrected chi connectivity index (χ2v) is 9.88. The van der Waals surface area contributed by atoms with Crippen LogP contribution in [0, 0.1) is 6.92 Å². The third kappa shape index (κ3) is 5.37. The number of piperazine rings is 1. The van der Waals surface area contributed by atoms with Gasteiger partial charge in [0.15, 0.2) is 0 Å². The summed E-state index contributed by atoms with van der Waals surface area (Å²) >= 11 is 1.49. The number of carbonyl (C=O) groups is 3. The molecule has 0 spiro atoms. The van der Waals surface area contributed by atoms with Gasteiger partial charge in [-0.05, 0) is 24.4 Å². The van der Waals surface area contributed by atoms with Crippen LogP contribution in [0.4, 0.5) is 0 Å². The molecule has 1 fully saturated rings. The fraction of sp³-hybridized carbons (Fsp3) is 0.269. The molecule has 1 aromatic carbocycles. The van der Waals surface area contributed by atoms with Gasteiger partial charge >= 0.3 is 5.97 Å². The van der Waals surface area contributed by atoms with Crippen LogP contribution in [0.15, 0.2) is 48.0 Å². The Balaban J connectivity index is 1.32. The first-order valence-electron chi connectivity index (χ1n) is 11.8. The van der Waals surface area contributed by atoms with Crippen LogP contribution in [0.3, 0.4) is 0 Å². The highest BCUT2D eigenvalue weighted by molar-refractivity contribution is 7.13. The quantitative estimate of drug-likeness (QED) is 0.327. The largest absolute Gasteiger partial charge is 0.478 e. The molecule has 5 rings (SSSR count). The maximum absolute atomic E-state index is 12.9. The highest BCUT2D eigenvalue weighted by Crippen LogP contribution is 2.33. The molecule has 2 amide bonds. The van der Waals surface area contributed by atoms with Crippen molar-refractivity contribution in [3.05, 3.63) is 70.6 Å². The molecule has 1 saturated heterocycles. The molecule has 11 heteroatoms. The number of nitrogens with one attached hydrogen (secondary N) is 2. The topological polar surface area (TPSA) is 132 Å². The van der Waals surface area contributed by atoms with E-state index in [0.717, 1.165) is 10.6 Å². The molecule has 4 aromatic rings. The number of hydrogen-bond acceptors (Lipinski definition) is 7. The van der Waals surface area contributed by atoms with E-state index in [1.54, 1.807) is 18.3 Å². The third-order valence-electron chi connectivity index (χ3n) is 6.28. The van der Waals surface area contributed by atoms with Crippen molar-refractivity contribution < 1.29 is 19.5 Å². The summed E-state index contributed by atoms with van der Waals surface area (Å²) in [5.41, 5.74) is 2.93. The first-order valence-corrected chi connectivity index (χ1v) is 12.7. The first kappa shape index (κ1) is 24.6. The molecule has 1 aliphatic heterocycles. The number of carbonyl (C=O) groups excluding carboxylic acids is 2. The number of fused-ring (bicyclic) bond motifs is 1. The van der Waals surface area contributed by atoms with Crippen LogP contribution in [0.1, 0.15) is 27.4 Å². The Morgan fingerprint density at radius 3 is 2.73 bits per heavy atom. The SMILES string of the molecule is Cc1cnc(CNC(=O)CN2CCN(Cc3c(-c4cccs4)nc4ccccc4c3C(=O)O)CC2=O)[nH]1. The molecule has 0 atom stereocenters. The average molecular weight is 519 g/mol. The maximum Gasteiger partial charge on any atom is 0.336 e. The molecule has 0 saturated carbocycles. The number of hydrogen-bond donors (Lipinski definition) is 3. The van der Waals surface area contributed by atoms with E-state index < -0.39 is 5.97 Å². The molecule has 0 aliphatic carbocycles. The molecular formula is C26H26N6O4S. The maximum atomic E-state index is 12.9. The van der Waals surface area contributed by atoms with Crippen LogP contribution in [0.2, 0.25) is 0 Å². The van der Waals surface area contributed by atoms with E-state index in [-0.39, 0.29) is 43.6 Å². The lowest BCUT2D eigenvalue weighted by molar-refractivity contribution is -0.140. The summed E-state index contributed by atoms with van der Waals surface area (Å²) in [7, 11) is 0. The number of nitrogens with zero attached hydrogens (tertiary/aromatic N) is 4. The average Bonchev–Trinajstić information content (AvgIpc) is 3.56. The Bertz CT molecular complexity index is 1470. The second kappa shape index (κ2) is 10.5. The van der Waals surface area contributed by atoms with Crippen LogP contribution in [0.5, 0.6) is 0 Å². The molecule has 3 N–H and O–H groups in total. The van der Waals surface area contributed by atoms with E-state index in [1.807, 2.05) is 41.5 Å². The Kier molecular flexibility index (Phi) is 6.97. The van der Waals surface area contributed by atoms with Gasteiger partial charge in [0.1, 0.15) is 5.82 Å². The number of carboxylic acids is 1. The van der Waals surface area contributed by atoms with Crippen LogP contribution in [0.25, 0.3) is 21.5 Å². The number of amides is 2. The van der Waals surface area contributed by atoms with Gasteiger partial charge in [-0.3, -0.25) is 14.5 Å². The van der Waals surface area contributed by atoms with Crippen molar-refractivity contribution in [3.8, 4) is 10.6 Å². The van der Waals surface area contributed by atoms with Crippen molar-refractivity contribution in [2.45, 2.75) is 20.0 Å². The number of aryl methyl sites for hydroxylation is 1. The summed E-state index contributed by atoms with van der Waals surface area (Å²) in [6.07, 6.45) is 1.69. The summed E-state index contributed by atoms with van der Waals surface area (Å²) in [5, 5.41) is 15.4. The zero-order chi connectivity index (χ0) is 25.9. The molecule has 0 unspecified atom stereocenters. The molecule has 0 radical (unpaired) electrons. The second-order valence-electron chi connectivity index (χ2n) is 8.93. The number of imidazole rings is 1. The minimum Gasteiger partial charge on any atom is -0.478 e. The van der Waals surface area contributed by atoms with Crippen molar-refractivity contribution in [1.82, 2.24) is 30.1 Å². The number of para-hydroxylation sites is 1. The molecule has 0 bridgehead atoms. The van der Waals surface area contributed by atoms with Gasteiger partial charge in [-0.15, -0.1) is 11.3 Å². The lowest BCUT2D eigenvalue weighted by Gasteiger charge is -2.34. The highest BCUT2D eigenvalue weighted by Gasteiger charge is 2.29. The molecule has 1 aliphatic rings. The van der Waals surface area contributed by atoms with Gasteiger partial charge in [0.25, 0.3) is 0 Å². The van der Waals surface area contributed by atoms with Crippen LogP contribution in [-0.4, -0.2) is 73.8 Å². The van der Waals surface area contributed by atoms with E-state index in [1.165, 1.54) is 16.2 Å². The number of aromatic carboxylic acids is 1. The van der Waals surface area contributed by atoms with Crippen molar-refractivity contribution >= 4 is 40.0 Å². The molecule has 4 heterocycles. The lowest BCUT2D eigenvalue weighted by atomic mass is 9.98. The van der Waals surface area contributed by atoms with E-state index >= 15 is 0 Å². The number of benzene rings is 1. The Labute approximate surface area is 217 Å². The Morgan fingerprint density at radius 2 is 2.03 bits per heavy atom. The van der Waals surface area contributed by atoms with E-state index in [9.17, 15) is 19.5 Å². The zero-order valence-corrected chi connectivity index (χ0v) is 21.0. The van der Waals surface area contributed by atoms with Gasteiger partial charge < -0.3 is 20.3 Å². The number of H-pyrrole nitrogens is 1. The summed E-state index contributed by atoms with van der Waals surface area (Å²) in [4.78, 5) is 54.1. The standard InChI is InChI=1S/C26H26N6O4S/c1-16-11-27-21(29-16)12-28-22(33)14-32-9-8-31(15-23(32)34)13-18-24(26(35)36)17-5-2-3-6-19(17)30-25(18)20-7-4-10-37-20/h2-7,10-11H,8-9,12-15H2,1H3,(H,27,29)(H,28,33)(H,35,36). The zero-order valence-electron chi connectivity index (χ0n) is 20.2. The van der Waals surface area contributed by atoms with Crippen LogP contribution in [-0.2, 0) is 22.7 Å². The molecule has 190 valence electrons. The Morgan fingerprint density at radius 1 is 1.19 bits per heavy atom. The summed E-state index contributed by atoms with van der Waals surface area (Å²) in [5.74, 6) is -0.817. The van der Waals surface area contributed by atoms with Gasteiger partial charge in [-0.1, -0.05) is 24.3 Å². The van der Waals surface area contributed by atoms with E-state index in [4.69, 9.17) is 4.98 Å². The van der Waals surface area contributed by atoms with Crippen LogP contribution >= 0.6 is 11.3 Å². The molecule has 3 aromatic heterocycles. The van der Waals surface area contributed by atoms with E-state index in [0.29, 0.717) is 41.1 Å². The fourth-order valence-corrected chi connectivity index (χ4v) is 5.26. The molecule has 37 heavy (non-hydrogen) atoms. The summed E-state index contributed by atoms with van der Waals surface area (Å²) in [6, 6.07) is 11.0. The predicted molar refractivity (Wildman–Crippen MR) is 139 cm³/mol. The minimum absolute atomic E-state index is 0.0370. The number of rotatable bonds is 8. The fourth-order valence-electron chi connectivity index (χ4n) is 4.52. The van der Waals surface area contributed by atoms with Gasteiger partial charge in [0.2, 0.25) is 11.8 Å². The van der Waals surface area contributed by atoms with Crippen molar-refractivity contribution in [2.24, 2.45) is 0 Å². The van der Waals surface area contributed by atoms with Gasteiger partial charge in [-0.25, -0.2) is 14.8 Å². The molecule has 10 nitrogen and oxygen atoms in total. The minimum atomic E-state index is -1.03. The van der Waals surface area contributed by atoms with Crippen molar-refractivity contribution in [2.75, 3.05) is 26.2 Å². The smallest absolute Gasteiger partial charge is 0.336 e. The van der Waals surface area contributed by atoms with Crippen molar-refractivity contribution in [3.63, 3.8) is 0 Å². The number of aromatic nitrogens is 3. The van der Waals surface area contributed by atoms with Gasteiger partial charge in [-0.2, -0.15) is 0 Å². The summed E-state index contributed by atoms with van der Waals surface area (Å²) in [6.45, 7) is 3.32. The van der Waals surface area contributed by atoms with Gasteiger partial charge in [0, 0.05) is 42.5 Å². The number of thiophene rings is 1. The number of aromatic amines is 1. The third-order valence-corrected chi connectivity index (χ3v) is 7.16. The normalized spacial score (nSPS) is 14.3. The lowest BCUT2D eigenvalue weighted by Crippen LogP contribution is -2.52. The monoisotopic (exact) mass is 518 g/mol. The molecular weight excluding hydrogens is 492 g/mol.